The maximum Gasteiger partial charge on any atom is 0.231 e. The fraction of sp³-hybridized carbons (Fsp3) is 0.412. The third-order valence-electron chi connectivity index (χ3n) is 3.50. The van der Waals surface area contributed by atoms with Crippen LogP contribution in [0.5, 0.6) is 17.2 Å². The Bertz CT molecular complexity index is 693. The molecule has 3 rings (SSSR count). The lowest BCUT2D eigenvalue weighted by molar-refractivity contribution is 0.117. The van der Waals surface area contributed by atoms with E-state index >= 15 is 0 Å². The summed E-state index contributed by atoms with van der Waals surface area (Å²) in [6.45, 7) is 4.79. The summed E-state index contributed by atoms with van der Waals surface area (Å²) in [4.78, 5) is 8.61. The molecule has 0 amide bonds. The second-order valence-corrected chi connectivity index (χ2v) is 5.82. The van der Waals surface area contributed by atoms with E-state index in [4.69, 9.17) is 14.2 Å². The van der Waals surface area contributed by atoms with Gasteiger partial charge in [-0.15, -0.1) is 0 Å². The molecule has 0 aliphatic carbocycles. The van der Waals surface area contributed by atoms with Gasteiger partial charge < -0.3 is 24.6 Å². The molecule has 24 heavy (non-hydrogen) atoms. The van der Waals surface area contributed by atoms with Gasteiger partial charge in [-0.25, -0.2) is 9.97 Å². The number of nitrogens with one attached hydrogen (secondary N) is 1. The van der Waals surface area contributed by atoms with E-state index in [0.717, 1.165) is 5.82 Å². The fourth-order valence-electron chi connectivity index (χ4n) is 2.19. The molecule has 7 heteroatoms. The smallest absolute Gasteiger partial charge is 0.231 e. The van der Waals surface area contributed by atoms with Gasteiger partial charge in [0.1, 0.15) is 30.1 Å². The van der Waals surface area contributed by atoms with E-state index in [-0.39, 0.29) is 19.3 Å². The van der Waals surface area contributed by atoms with Crippen LogP contribution in [-0.4, -0.2) is 41.1 Å². The number of fused-ring (bicyclic) bond motifs is 1. The highest BCUT2D eigenvalue weighted by Crippen LogP contribution is 2.35. The van der Waals surface area contributed by atoms with E-state index in [1.807, 2.05) is 13.8 Å². The summed E-state index contributed by atoms with van der Waals surface area (Å²) in [6, 6.07) is 7.10. The first-order chi connectivity index (χ1) is 11.6. The molecule has 0 fully saturated rings. The summed E-state index contributed by atoms with van der Waals surface area (Å²) < 4.78 is 16.1. The van der Waals surface area contributed by atoms with Crippen LogP contribution >= 0.6 is 0 Å². The van der Waals surface area contributed by atoms with Crippen molar-refractivity contribution in [3.8, 4) is 17.2 Å². The molecule has 2 N–H and O–H groups in total. The Morgan fingerprint density at radius 3 is 2.92 bits per heavy atom. The van der Waals surface area contributed by atoms with E-state index in [1.54, 1.807) is 30.5 Å². The average Bonchev–Trinajstić information content (AvgIpc) is 3.06. The lowest BCUT2D eigenvalue weighted by atomic mass is 10.2. The van der Waals surface area contributed by atoms with E-state index < -0.39 is 6.10 Å². The SMILES string of the molecule is CC(C)c1nccc(NC[C@@H](O)COc2ccc3c(c2)OCO3)n1. The normalized spacial score (nSPS) is 13.8. The molecule has 1 aromatic heterocycles. The van der Waals surface area contributed by atoms with Gasteiger partial charge in [-0.05, 0) is 18.2 Å². The number of benzene rings is 1. The van der Waals surface area contributed by atoms with E-state index in [2.05, 4.69) is 15.3 Å². The lowest BCUT2D eigenvalue weighted by Crippen LogP contribution is -2.26. The summed E-state index contributed by atoms with van der Waals surface area (Å²) >= 11 is 0. The number of rotatable bonds is 7. The summed E-state index contributed by atoms with van der Waals surface area (Å²) in [5, 5.41) is 13.1. The van der Waals surface area contributed by atoms with Crippen molar-refractivity contribution in [3.05, 3.63) is 36.3 Å². The zero-order valence-corrected chi connectivity index (χ0v) is 13.7. The molecular weight excluding hydrogens is 310 g/mol. The Balaban J connectivity index is 1.47. The van der Waals surface area contributed by atoms with Crippen molar-refractivity contribution in [2.75, 3.05) is 25.3 Å². The molecule has 0 saturated carbocycles. The van der Waals surface area contributed by atoms with Gasteiger partial charge >= 0.3 is 0 Å². The van der Waals surface area contributed by atoms with Gasteiger partial charge in [0.05, 0.1) is 0 Å². The summed E-state index contributed by atoms with van der Waals surface area (Å²) in [5.74, 6) is 3.70. The summed E-state index contributed by atoms with van der Waals surface area (Å²) in [7, 11) is 0. The van der Waals surface area contributed by atoms with Crippen molar-refractivity contribution in [1.29, 1.82) is 0 Å². The first kappa shape index (κ1) is 16.3. The third-order valence-corrected chi connectivity index (χ3v) is 3.50. The predicted molar refractivity (Wildman–Crippen MR) is 88.7 cm³/mol. The van der Waals surface area contributed by atoms with Gasteiger partial charge in [-0.2, -0.15) is 0 Å². The van der Waals surface area contributed by atoms with Crippen LogP contribution in [0.15, 0.2) is 30.5 Å². The molecular formula is C17H21N3O4. The number of anilines is 1. The first-order valence-electron chi connectivity index (χ1n) is 7.89. The van der Waals surface area contributed by atoms with Crippen LogP contribution in [0, 0.1) is 0 Å². The van der Waals surface area contributed by atoms with Gasteiger partial charge in [0.15, 0.2) is 11.5 Å². The average molecular weight is 331 g/mol. The van der Waals surface area contributed by atoms with Crippen molar-refractivity contribution in [2.24, 2.45) is 0 Å². The van der Waals surface area contributed by atoms with Crippen LogP contribution < -0.4 is 19.5 Å². The molecule has 2 aromatic rings. The van der Waals surface area contributed by atoms with Crippen molar-refractivity contribution in [3.63, 3.8) is 0 Å². The summed E-state index contributed by atoms with van der Waals surface area (Å²) in [5.41, 5.74) is 0. The number of hydrogen-bond acceptors (Lipinski definition) is 7. The molecule has 1 aliphatic rings. The van der Waals surface area contributed by atoms with Crippen molar-refractivity contribution >= 4 is 5.82 Å². The van der Waals surface area contributed by atoms with Crippen LogP contribution in [0.2, 0.25) is 0 Å². The topological polar surface area (TPSA) is 85.7 Å². The Morgan fingerprint density at radius 2 is 2.08 bits per heavy atom. The van der Waals surface area contributed by atoms with Crippen molar-refractivity contribution in [1.82, 2.24) is 9.97 Å². The Labute approximate surface area is 140 Å². The molecule has 0 unspecified atom stereocenters. The number of aliphatic hydroxyl groups excluding tert-OH is 1. The monoisotopic (exact) mass is 331 g/mol. The second kappa shape index (κ2) is 7.35. The number of hydrogen-bond donors (Lipinski definition) is 2. The molecule has 7 nitrogen and oxygen atoms in total. The number of aromatic nitrogens is 2. The zero-order chi connectivity index (χ0) is 16.9. The molecule has 0 bridgehead atoms. The Morgan fingerprint density at radius 1 is 1.25 bits per heavy atom. The largest absolute Gasteiger partial charge is 0.491 e. The first-order valence-corrected chi connectivity index (χ1v) is 7.89. The van der Waals surface area contributed by atoms with Crippen LogP contribution in [-0.2, 0) is 0 Å². The minimum Gasteiger partial charge on any atom is -0.491 e. The highest BCUT2D eigenvalue weighted by molar-refractivity contribution is 5.46. The molecule has 1 atom stereocenters. The quantitative estimate of drug-likeness (QED) is 0.804. The van der Waals surface area contributed by atoms with Crippen LogP contribution in [0.1, 0.15) is 25.6 Å². The Kier molecular flexibility index (Phi) is 5.00. The molecule has 0 saturated heterocycles. The minimum absolute atomic E-state index is 0.161. The molecule has 0 spiro atoms. The number of aliphatic hydroxyl groups is 1. The van der Waals surface area contributed by atoms with Crippen molar-refractivity contribution < 1.29 is 19.3 Å². The molecule has 128 valence electrons. The highest BCUT2D eigenvalue weighted by atomic mass is 16.7. The van der Waals surface area contributed by atoms with Crippen LogP contribution in [0.25, 0.3) is 0 Å². The lowest BCUT2D eigenvalue weighted by Gasteiger charge is -2.14. The maximum absolute atomic E-state index is 10.1. The predicted octanol–water partition coefficient (Wildman–Crippen LogP) is 2.18. The third kappa shape index (κ3) is 4.05. The Hall–Kier alpha value is -2.54. The summed E-state index contributed by atoms with van der Waals surface area (Å²) in [6.07, 6.45) is 1.04. The van der Waals surface area contributed by atoms with Gasteiger partial charge in [0.25, 0.3) is 0 Å². The molecule has 1 aliphatic heterocycles. The standard InChI is InChI=1S/C17H21N3O4/c1-11(2)17-18-6-5-16(20-17)19-8-12(21)9-22-13-3-4-14-15(7-13)24-10-23-14/h3-7,11-12,21H,8-10H2,1-2H3,(H,18,19,20)/t12-/m1/s1. The van der Waals surface area contributed by atoms with Gasteiger partial charge in [-0.1, -0.05) is 13.8 Å². The van der Waals surface area contributed by atoms with Gasteiger partial charge in [-0.3, -0.25) is 0 Å². The molecule has 1 aromatic carbocycles. The molecule has 2 heterocycles. The van der Waals surface area contributed by atoms with Gasteiger partial charge in [0, 0.05) is 24.7 Å². The zero-order valence-electron chi connectivity index (χ0n) is 13.7. The maximum atomic E-state index is 10.1. The van der Waals surface area contributed by atoms with E-state index in [9.17, 15) is 5.11 Å². The van der Waals surface area contributed by atoms with Crippen LogP contribution in [0.4, 0.5) is 5.82 Å². The van der Waals surface area contributed by atoms with E-state index in [1.165, 1.54) is 0 Å². The number of nitrogens with zero attached hydrogens (tertiary/aromatic N) is 2. The van der Waals surface area contributed by atoms with Crippen molar-refractivity contribution in [2.45, 2.75) is 25.9 Å². The van der Waals surface area contributed by atoms with Gasteiger partial charge in [0.2, 0.25) is 6.79 Å². The minimum atomic E-state index is -0.673. The number of ether oxygens (including phenoxy) is 3. The second-order valence-electron chi connectivity index (χ2n) is 5.82. The van der Waals surface area contributed by atoms with Crippen LogP contribution in [0.3, 0.4) is 0 Å². The van der Waals surface area contributed by atoms with E-state index in [0.29, 0.717) is 29.6 Å². The molecule has 0 radical (unpaired) electrons. The fourth-order valence-corrected chi connectivity index (χ4v) is 2.19. The highest BCUT2D eigenvalue weighted by Gasteiger charge is 2.14.